The second kappa shape index (κ2) is 4.39. The van der Waals surface area contributed by atoms with E-state index in [1.165, 1.54) is 11.3 Å². The van der Waals surface area contributed by atoms with Gasteiger partial charge in [0.2, 0.25) is 0 Å². The number of hydrogen-bond donors (Lipinski definition) is 0. The molecule has 2 aliphatic rings. The zero-order valence-electron chi connectivity index (χ0n) is 10.3. The molecule has 2 heterocycles. The maximum atomic E-state index is 5.75. The first-order valence-electron chi connectivity index (χ1n) is 6.49. The van der Waals surface area contributed by atoms with Gasteiger partial charge in [-0.05, 0) is 31.4 Å². The minimum absolute atomic E-state index is 0.251. The maximum Gasteiger partial charge on any atom is 0.168 e. The van der Waals surface area contributed by atoms with E-state index in [0.717, 1.165) is 38.9 Å². The normalized spacial score (nSPS) is 24.3. The van der Waals surface area contributed by atoms with Crippen molar-refractivity contribution in [3.05, 3.63) is 29.6 Å². The molecule has 1 saturated heterocycles. The van der Waals surface area contributed by atoms with Gasteiger partial charge in [0, 0.05) is 30.7 Å². The molecule has 0 atom stereocenters. The summed E-state index contributed by atoms with van der Waals surface area (Å²) in [5, 5.41) is 0. The fraction of sp³-hybridized carbons (Fsp3) is 0.643. The van der Waals surface area contributed by atoms with Crippen LogP contribution in [0, 0.1) is 6.92 Å². The molecule has 1 aliphatic carbocycles. The van der Waals surface area contributed by atoms with Gasteiger partial charge in [-0.25, -0.2) is 0 Å². The molecule has 1 saturated carbocycles. The molecule has 2 fully saturated rings. The van der Waals surface area contributed by atoms with Crippen molar-refractivity contribution in [3.8, 4) is 0 Å². The fourth-order valence-corrected chi connectivity index (χ4v) is 3.04. The average molecular weight is 233 g/mol. The lowest BCUT2D eigenvalue weighted by atomic mass is 9.82. The van der Waals surface area contributed by atoms with Crippen molar-refractivity contribution in [2.24, 2.45) is 0 Å². The van der Waals surface area contributed by atoms with Crippen molar-refractivity contribution in [1.29, 1.82) is 0 Å². The van der Waals surface area contributed by atoms with E-state index < -0.39 is 0 Å². The molecule has 1 aromatic heterocycles. The highest BCUT2D eigenvalue weighted by atomic mass is 16.7. The molecule has 1 aromatic rings. The van der Waals surface area contributed by atoms with Crippen molar-refractivity contribution in [1.82, 2.24) is 4.98 Å². The highest BCUT2D eigenvalue weighted by Crippen LogP contribution is 2.42. The third kappa shape index (κ3) is 2.09. The van der Waals surface area contributed by atoms with Crippen LogP contribution in [0.2, 0.25) is 0 Å². The molecule has 3 nitrogen and oxygen atoms in total. The van der Waals surface area contributed by atoms with Crippen LogP contribution < -0.4 is 0 Å². The first-order chi connectivity index (χ1) is 8.29. The molecule has 0 bridgehead atoms. The Bertz CT molecular complexity index is 389. The largest absolute Gasteiger partial charge is 0.348 e. The topological polar surface area (TPSA) is 31.4 Å². The van der Waals surface area contributed by atoms with E-state index in [4.69, 9.17) is 9.47 Å². The molecule has 0 radical (unpaired) electrons. The van der Waals surface area contributed by atoms with Crippen molar-refractivity contribution in [2.75, 3.05) is 13.2 Å². The lowest BCUT2D eigenvalue weighted by Crippen LogP contribution is -2.34. The summed E-state index contributed by atoms with van der Waals surface area (Å²) in [5.74, 6) is 0.328. The van der Waals surface area contributed by atoms with Crippen LogP contribution in [0.5, 0.6) is 0 Å². The molecule has 1 aliphatic heterocycles. The maximum absolute atomic E-state index is 5.75. The van der Waals surface area contributed by atoms with Gasteiger partial charge in [-0.3, -0.25) is 4.98 Å². The highest BCUT2D eigenvalue weighted by Gasteiger charge is 2.40. The second-order valence-electron chi connectivity index (χ2n) is 5.09. The number of rotatable bonds is 1. The molecule has 3 heteroatoms. The van der Waals surface area contributed by atoms with Gasteiger partial charge in [-0.2, -0.15) is 0 Å². The Morgan fingerprint density at radius 3 is 2.59 bits per heavy atom. The molecular weight excluding hydrogens is 214 g/mol. The molecule has 17 heavy (non-hydrogen) atoms. The Morgan fingerprint density at radius 2 is 1.94 bits per heavy atom. The smallest absolute Gasteiger partial charge is 0.168 e. The van der Waals surface area contributed by atoms with Gasteiger partial charge >= 0.3 is 0 Å². The van der Waals surface area contributed by atoms with Crippen LogP contribution in [0.4, 0.5) is 0 Å². The standard InChI is InChI=1S/C14H19NO2/c1-11-3-2-8-15-13(11)12-4-6-14(7-5-12)16-9-10-17-14/h2-3,8,12H,4-7,9-10H2,1H3. The fourth-order valence-electron chi connectivity index (χ4n) is 3.04. The quantitative estimate of drug-likeness (QED) is 0.747. The number of aryl methyl sites for hydroxylation is 1. The Hall–Kier alpha value is -0.930. The van der Waals surface area contributed by atoms with Crippen LogP contribution >= 0.6 is 0 Å². The molecule has 92 valence electrons. The van der Waals surface area contributed by atoms with Crippen LogP contribution in [-0.2, 0) is 9.47 Å². The van der Waals surface area contributed by atoms with Gasteiger partial charge in [0.25, 0.3) is 0 Å². The monoisotopic (exact) mass is 233 g/mol. The summed E-state index contributed by atoms with van der Waals surface area (Å²) >= 11 is 0. The third-order valence-electron chi connectivity index (χ3n) is 4.00. The Labute approximate surface area is 102 Å². The SMILES string of the molecule is Cc1cccnc1C1CCC2(CC1)OCCO2. The molecule has 0 amide bonds. The van der Waals surface area contributed by atoms with E-state index in [-0.39, 0.29) is 5.79 Å². The molecule has 0 N–H and O–H groups in total. The van der Waals surface area contributed by atoms with Gasteiger partial charge in [0.05, 0.1) is 13.2 Å². The summed E-state index contributed by atoms with van der Waals surface area (Å²) in [6, 6.07) is 4.15. The number of hydrogen-bond acceptors (Lipinski definition) is 3. The van der Waals surface area contributed by atoms with Crippen LogP contribution in [-0.4, -0.2) is 24.0 Å². The average Bonchev–Trinajstić information content (AvgIpc) is 2.80. The van der Waals surface area contributed by atoms with Crippen molar-refractivity contribution in [2.45, 2.75) is 44.3 Å². The van der Waals surface area contributed by atoms with E-state index in [9.17, 15) is 0 Å². The van der Waals surface area contributed by atoms with E-state index >= 15 is 0 Å². The van der Waals surface area contributed by atoms with Crippen LogP contribution in [0.3, 0.4) is 0 Å². The molecular formula is C14H19NO2. The van der Waals surface area contributed by atoms with E-state index in [1.807, 2.05) is 12.3 Å². The van der Waals surface area contributed by atoms with Crippen LogP contribution in [0.15, 0.2) is 18.3 Å². The molecule has 0 unspecified atom stereocenters. The van der Waals surface area contributed by atoms with E-state index in [2.05, 4.69) is 18.0 Å². The summed E-state index contributed by atoms with van der Waals surface area (Å²) in [7, 11) is 0. The minimum Gasteiger partial charge on any atom is -0.348 e. The predicted molar refractivity (Wildman–Crippen MR) is 64.8 cm³/mol. The lowest BCUT2D eigenvalue weighted by Gasteiger charge is -2.35. The zero-order valence-corrected chi connectivity index (χ0v) is 10.3. The second-order valence-corrected chi connectivity index (χ2v) is 5.09. The number of pyridine rings is 1. The Kier molecular flexibility index (Phi) is 2.89. The number of aromatic nitrogens is 1. The highest BCUT2D eigenvalue weighted by molar-refractivity contribution is 5.22. The first kappa shape index (κ1) is 11.2. The van der Waals surface area contributed by atoms with E-state index in [0.29, 0.717) is 5.92 Å². The molecule has 3 rings (SSSR count). The summed E-state index contributed by atoms with van der Waals surface area (Å²) in [5.41, 5.74) is 2.57. The summed E-state index contributed by atoms with van der Waals surface area (Å²) in [4.78, 5) is 4.54. The molecule has 0 aromatic carbocycles. The van der Waals surface area contributed by atoms with Gasteiger partial charge in [0.15, 0.2) is 5.79 Å². The number of ether oxygens (including phenoxy) is 2. The molecule has 1 spiro atoms. The Morgan fingerprint density at radius 1 is 1.24 bits per heavy atom. The van der Waals surface area contributed by atoms with Crippen molar-refractivity contribution in [3.63, 3.8) is 0 Å². The van der Waals surface area contributed by atoms with Gasteiger partial charge in [0.1, 0.15) is 0 Å². The third-order valence-corrected chi connectivity index (χ3v) is 4.00. The summed E-state index contributed by atoms with van der Waals surface area (Å²) in [6.07, 6.45) is 6.16. The van der Waals surface area contributed by atoms with Gasteiger partial charge < -0.3 is 9.47 Å². The predicted octanol–water partition coefficient (Wildman–Crippen LogP) is 2.79. The van der Waals surface area contributed by atoms with Gasteiger partial charge in [-0.15, -0.1) is 0 Å². The van der Waals surface area contributed by atoms with E-state index in [1.54, 1.807) is 0 Å². The number of nitrogens with zero attached hydrogens (tertiary/aromatic N) is 1. The van der Waals surface area contributed by atoms with Crippen LogP contribution in [0.1, 0.15) is 42.9 Å². The Balaban J connectivity index is 1.71. The first-order valence-corrected chi connectivity index (χ1v) is 6.49. The zero-order chi connectivity index (χ0) is 11.7. The van der Waals surface area contributed by atoms with Crippen molar-refractivity contribution < 1.29 is 9.47 Å². The summed E-state index contributed by atoms with van der Waals surface area (Å²) < 4.78 is 11.5. The lowest BCUT2D eigenvalue weighted by molar-refractivity contribution is -0.178. The minimum atomic E-state index is -0.251. The summed E-state index contributed by atoms with van der Waals surface area (Å²) in [6.45, 7) is 3.66. The van der Waals surface area contributed by atoms with Crippen molar-refractivity contribution >= 4 is 0 Å². The van der Waals surface area contributed by atoms with Crippen LogP contribution in [0.25, 0.3) is 0 Å². The van der Waals surface area contributed by atoms with Gasteiger partial charge in [-0.1, -0.05) is 6.07 Å².